The number of carbonyl (C=O) groups excluding carboxylic acids is 1. The number of aromatic nitrogens is 1. The summed E-state index contributed by atoms with van der Waals surface area (Å²) in [6.07, 6.45) is 0.411. The number of rotatable bonds is 4. The number of benzene rings is 2. The molecule has 3 aromatic rings. The highest BCUT2D eigenvalue weighted by Gasteiger charge is 2.06. The minimum atomic E-state index is 0.0501. The van der Waals surface area contributed by atoms with Gasteiger partial charge in [-0.2, -0.15) is 0 Å². The molecule has 0 spiro atoms. The molecule has 1 N–H and O–H groups in total. The van der Waals surface area contributed by atoms with Crippen LogP contribution in [0, 0.1) is 6.92 Å². The van der Waals surface area contributed by atoms with Crippen molar-refractivity contribution in [1.29, 1.82) is 0 Å². The molecule has 1 amide bonds. The lowest BCUT2D eigenvalue weighted by Crippen LogP contribution is -2.25. The van der Waals surface area contributed by atoms with Gasteiger partial charge in [-0.25, -0.2) is 0 Å². The first-order chi connectivity index (χ1) is 10.6. The molecule has 0 unspecified atom stereocenters. The zero-order valence-corrected chi connectivity index (χ0v) is 13.0. The number of hydrogen-bond donors (Lipinski definition) is 1. The first-order valence-electron chi connectivity index (χ1n) is 7.49. The maximum Gasteiger partial charge on any atom is 0.224 e. The Labute approximate surface area is 130 Å². The fourth-order valence-electron chi connectivity index (χ4n) is 2.63. The van der Waals surface area contributed by atoms with Crippen molar-refractivity contribution in [2.24, 2.45) is 7.05 Å². The van der Waals surface area contributed by atoms with Gasteiger partial charge >= 0.3 is 0 Å². The molecule has 0 saturated carbocycles. The minimum Gasteiger partial charge on any atom is -0.350 e. The third-order valence-corrected chi connectivity index (χ3v) is 4.12. The Morgan fingerprint density at radius 3 is 2.55 bits per heavy atom. The van der Waals surface area contributed by atoms with E-state index in [1.54, 1.807) is 0 Å². The second-order valence-electron chi connectivity index (χ2n) is 5.66. The number of carbonyl (C=O) groups is 1. The molecule has 22 heavy (non-hydrogen) atoms. The quantitative estimate of drug-likeness (QED) is 0.786. The summed E-state index contributed by atoms with van der Waals surface area (Å²) in [5, 5.41) is 5.36. The van der Waals surface area contributed by atoms with E-state index >= 15 is 0 Å². The third-order valence-electron chi connectivity index (χ3n) is 4.12. The van der Waals surface area contributed by atoms with Gasteiger partial charge in [0.15, 0.2) is 0 Å². The van der Waals surface area contributed by atoms with Crippen molar-refractivity contribution in [2.75, 3.05) is 0 Å². The van der Waals surface area contributed by atoms with Gasteiger partial charge in [-0.15, -0.1) is 0 Å². The van der Waals surface area contributed by atoms with Crippen molar-refractivity contribution >= 4 is 16.7 Å². The van der Waals surface area contributed by atoms with E-state index in [2.05, 4.69) is 47.1 Å². The van der Waals surface area contributed by atoms with Gasteiger partial charge in [-0.05, 0) is 35.4 Å². The van der Waals surface area contributed by atoms with Gasteiger partial charge in [0.05, 0.1) is 13.0 Å². The van der Waals surface area contributed by atoms with E-state index in [1.165, 1.54) is 16.5 Å². The topological polar surface area (TPSA) is 34.0 Å². The summed E-state index contributed by atoms with van der Waals surface area (Å²) in [5.74, 6) is 0.0501. The standard InChI is InChI=1S/C19H20N2O/c1-14-7-10-18(21(14)2)13-20-19(22)12-15-8-9-16-5-3-4-6-17(16)11-15/h3-11H,12-13H2,1-2H3,(H,20,22). The minimum absolute atomic E-state index is 0.0501. The highest BCUT2D eigenvalue weighted by molar-refractivity contribution is 5.85. The van der Waals surface area contributed by atoms with Crippen LogP contribution in [0.3, 0.4) is 0 Å². The summed E-state index contributed by atoms with van der Waals surface area (Å²) in [6.45, 7) is 2.62. The van der Waals surface area contributed by atoms with Crippen molar-refractivity contribution in [2.45, 2.75) is 19.9 Å². The molecular weight excluding hydrogens is 272 g/mol. The molecule has 1 aromatic heterocycles. The second kappa shape index (κ2) is 6.06. The van der Waals surface area contributed by atoms with Crippen LogP contribution in [0.15, 0.2) is 54.6 Å². The Bertz CT molecular complexity index is 817. The monoisotopic (exact) mass is 292 g/mol. The number of hydrogen-bond acceptors (Lipinski definition) is 1. The lowest BCUT2D eigenvalue weighted by atomic mass is 10.0. The highest BCUT2D eigenvalue weighted by atomic mass is 16.1. The highest BCUT2D eigenvalue weighted by Crippen LogP contribution is 2.16. The van der Waals surface area contributed by atoms with Crippen molar-refractivity contribution in [3.63, 3.8) is 0 Å². The van der Waals surface area contributed by atoms with Crippen LogP contribution in [0.4, 0.5) is 0 Å². The molecule has 0 fully saturated rings. The smallest absolute Gasteiger partial charge is 0.224 e. The average molecular weight is 292 g/mol. The Morgan fingerprint density at radius 1 is 1.05 bits per heavy atom. The van der Waals surface area contributed by atoms with E-state index in [0.717, 1.165) is 11.3 Å². The maximum absolute atomic E-state index is 12.1. The summed E-state index contributed by atoms with van der Waals surface area (Å²) in [5.41, 5.74) is 3.35. The van der Waals surface area contributed by atoms with Crippen LogP contribution in [0.25, 0.3) is 10.8 Å². The Morgan fingerprint density at radius 2 is 1.82 bits per heavy atom. The lowest BCUT2D eigenvalue weighted by molar-refractivity contribution is -0.120. The average Bonchev–Trinajstić information content (AvgIpc) is 2.84. The van der Waals surface area contributed by atoms with Gasteiger partial charge < -0.3 is 9.88 Å². The van der Waals surface area contributed by atoms with Crippen LogP contribution >= 0.6 is 0 Å². The van der Waals surface area contributed by atoms with Crippen molar-refractivity contribution in [1.82, 2.24) is 9.88 Å². The van der Waals surface area contributed by atoms with Crippen LogP contribution in [0.1, 0.15) is 17.0 Å². The molecule has 2 aromatic carbocycles. The van der Waals surface area contributed by atoms with Gasteiger partial charge in [-0.1, -0.05) is 42.5 Å². The largest absolute Gasteiger partial charge is 0.350 e. The number of fused-ring (bicyclic) bond motifs is 1. The molecule has 0 atom stereocenters. The molecule has 112 valence electrons. The van der Waals surface area contributed by atoms with E-state index in [1.807, 2.05) is 31.3 Å². The molecule has 3 rings (SSSR count). The van der Waals surface area contributed by atoms with Crippen LogP contribution < -0.4 is 5.32 Å². The normalized spacial score (nSPS) is 10.8. The summed E-state index contributed by atoms with van der Waals surface area (Å²) in [7, 11) is 2.01. The molecule has 0 radical (unpaired) electrons. The van der Waals surface area contributed by atoms with Gasteiger partial charge in [0.25, 0.3) is 0 Å². The zero-order valence-electron chi connectivity index (χ0n) is 13.0. The SMILES string of the molecule is Cc1ccc(CNC(=O)Cc2ccc3ccccc3c2)n1C. The second-order valence-corrected chi connectivity index (χ2v) is 5.66. The predicted molar refractivity (Wildman–Crippen MR) is 89.6 cm³/mol. The fraction of sp³-hybridized carbons (Fsp3) is 0.211. The first kappa shape index (κ1) is 14.4. The number of nitrogens with one attached hydrogen (secondary N) is 1. The molecule has 0 aliphatic carbocycles. The van der Waals surface area contributed by atoms with Gasteiger partial charge in [0.1, 0.15) is 0 Å². The molecule has 1 heterocycles. The van der Waals surface area contributed by atoms with Crippen molar-refractivity contribution in [3.8, 4) is 0 Å². The van der Waals surface area contributed by atoms with Gasteiger partial charge in [-0.3, -0.25) is 4.79 Å². The molecule has 3 heteroatoms. The van der Waals surface area contributed by atoms with Gasteiger partial charge in [0.2, 0.25) is 5.91 Å². The zero-order chi connectivity index (χ0) is 15.5. The lowest BCUT2D eigenvalue weighted by Gasteiger charge is -2.08. The molecule has 0 bridgehead atoms. The van der Waals surface area contributed by atoms with Crippen LogP contribution in [0.5, 0.6) is 0 Å². The molecule has 3 nitrogen and oxygen atoms in total. The third kappa shape index (κ3) is 3.03. The fourth-order valence-corrected chi connectivity index (χ4v) is 2.63. The van der Waals surface area contributed by atoms with Crippen LogP contribution in [-0.2, 0) is 24.8 Å². The Hall–Kier alpha value is -2.55. The first-order valence-corrected chi connectivity index (χ1v) is 7.49. The number of amides is 1. The van der Waals surface area contributed by atoms with E-state index in [0.29, 0.717) is 13.0 Å². The molecule has 0 aliphatic rings. The number of nitrogens with zero attached hydrogens (tertiary/aromatic N) is 1. The summed E-state index contributed by atoms with van der Waals surface area (Å²) < 4.78 is 2.09. The Kier molecular flexibility index (Phi) is 3.96. The van der Waals surface area contributed by atoms with Crippen molar-refractivity contribution in [3.05, 3.63) is 71.5 Å². The van der Waals surface area contributed by atoms with E-state index < -0.39 is 0 Å². The number of aryl methyl sites for hydroxylation is 1. The van der Waals surface area contributed by atoms with Crippen molar-refractivity contribution < 1.29 is 4.79 Å². The maximum atomic E-state index is 12.1. The predicted octanol–water partition coefficient (Wildman–Crippen LogP) is 3.35. The van der Waals surface area contributed by atoms with Gasteiger partial charge in [0, 0.05) is 18.4 Å². The van der Waals surface area contributed by atoms with E-state index in [9.17, 15) is 4.79 Å². The molecule has 0 aliphatic heterocycles. The van der Waals surface area contributed by atoms with Crippen LogP contribution in [-0.4, -0.2) is 10.5 Å². The van der Waals surface area contributed by atoms with Crippen LogP contribution in [0.2, 0.25) is 0 Å². The van der Waals surface area contributed by atoms with E-state index in [-0.39, 0.29) is 5.91 Å². The summed E-state index contributed by atoms with van der Waals surface area (Å²) >= 11 is 0. The summed E-state index contributed by atoms with van der Waals surface area (Å²) in [6, 6.07) is 18.5. The summed E-state index contributed by atoms with van der Waals surface area (Å²) in [4.78, 5) is 12.1. The molecular formula is C19H20N2O. The van der Waals surface area contributed by atoms with E-state index in [4.69, 9.17) is 0 Å². The molecule has 0 saturated heterocycles. The Balaban J connectivity index is 1.64.